The van der Waals surface area contributed by atoms with Gasteiger partial charge >= 0.3 is 0 Å². The molecule has 0 atom stereocenters. The molecule has 2 N–H and O–H groups in total. The van der Waals surface area contributed by atoms with Gasteiger partial charge in [-0.25, -0.2) is 0 Å². The second-order valence-corrected chi connectivity index (χ2v) is 11.4. The van der Waals surface area contributed by atoms with E-state index < -0.39 is 0 Å². The molecule has 0 saturated carbocycles. The Balaban J connectivity index is 1.41. The van der Waals surface area contributed by atoms with Gasteiger partial charge in [0, 0.05) is 18.6 Å². The van der Waals surface area contributed by atoms with Crippen LogP contribution in [0.2, 0.25) is 0 Å². The van der Waals surface area contributed by atoms with E-state index in [1.54, 1.807) is 0 Å². The molecule has 0 heterocycles. The molecular weight excluding hydrogens is 500 g/mol. The van der Waals surface area contributed by atoms with Gasteiger partial charge in [-0.1, -0.05) is 97.1 Å². The molecule has 0 fully saturated rings. The predicted molar refractivity (Wildman–Crippen MR) is 171 cm³/mol. The smallest absolute Gasteiger partial charge is 0.0431 e. The SMILES string of the molecule is OCCCC1(CCCO)c2ccc(-c3ccc4ccccc4c3)cc2-c2cc(-c3ccc4ccccc4c3)ccc21. The van der Waals surface area contributed by atoms with Crippen molar-refractivity contribution in [3.8, 4) is 33.4 Å². The first-order valence-electron chi connectivity index (χ1n) is 14.7. The molecule has 0 radical (unpaired) electrons. The van der Waals surface area contributed by atoms with Gasteiger partial charge in [0.05, 0.1) is 0 Å². The van der Waals surface area contributed by atoms with Crippen molar-refractivity contribution in [1.29, 1.82) is 0 Å². The zero-order chi connectivity index (χ0) is 27.8. The maximum Gasteiger partial charge on any atom is 0.0431 e. The molecule has 6 aromatic carbocycles. The van der Waals surface area contributed by atoms with E-state index in [2.05, 4.69) is 121 Å². The number of aliphatic hydroxyl groups excluding tert-OH is 2. The quantitative estimate of drug-likeness (QED) is 0.204. The molecule has 1 aliphatic carbocycles. The number of hydrogen-bond donors (Lipinski definition) is 2. The van der Waals surface area contributed by atoms with E-state index in [4.69, 9.17) is 0 Å². The normalized spacial score (nSPS) is 13.4. The zero-order valence-electron chi connectivity index (χ0n) is 23.2. The van der Waals surface area contributed by atoms with Crippen LogP contribution in [0.1, 0.15) is 36.8 Å². The largest absolute Gasteiger partial charge is 0.396 e. The Morgan fingerprint density at radius 3 is 1.24 bits per heavy atom. The molecule has 0 bridgehead atoms. The van der Waals surface area contributed by atoms with Gasteiger partial charge in [-0.15, -0.1) is 0 Å². The van der Waals surface area contributed by atoms with Crippen LogP contribution >= 0.6 is 0 Å². The van der Waals surface area contributed by atoms with Crippen LogP contribution in [-0.4, -0.2) is 23.4 Å². The highest BCUT2D eigenvalue weighted by molar-refractivity contribution is 5.92. The summed E-state index contributed by atoms with van der Waals surface area (Å²) in [6.07, 6.45) is 3.16. The van der Waals surface area contributed by atoms with E-state index in [0.717, 1.165) is 25.7 Å². The average Bonchev–Trinajstić information content (AvgIpc) is 3.30. The molecule has 0 saturated heterocycles. The van der Waals surface area contributed by atoms with Crippen molar-refractivity contribution < 1.29 is 10.2 Å². The molecule has 0 spiro atoms. The first-order chi connectivity index (χ1) is 20.2. The molecule has 0 aliphatic heterocycles. The van der Waals surface area contributed by atoms with E-state index in [9.17, 15) is 10.2 Å². The van der Waals surface area contributed by atoms with Crippen molar-refractivity contribution in [3.05, 3.63) is 132 Å². The number of fused-ring (bicyclic) bond motifs is 5. The third-order valence-electron chi connectivity index (χ3n) is 9.05. The van der Waals surface area contributed by atoms with Crippen molar-refractivity contribution in [2.75, 3.05) is 13.2 Å². The maximum atomic E-state index is 9.87. The highest BCUT2D eigenvalue weighted by atomic mass is 16.3. The summed E-state index contributed by atoms with van der Waals surface area (Å²) in [5.74, 6) is 0. The number of hydrogen-bond acceptors (Lipinski definition) is 2. The molecule has 41 heavy (non-hydrogen) atoms. The minimum atomic E-state index is -0.222. The summed E-state index contributed by atoms with van der Waals surface area (Å²) >= 11 is 0. The molecule has 7 rings (SSSR count). The van der Waals surface area contributed by atoms with Crippen molar-refractivity contribution in [1.82, 2.24) is 0 Å². The Morgan fingerprint density at radius 2 is 0.805 bits per heavy atom. The van der Waals surface area contributed by atoms with Crippen LogP contribution in [0.5, 0.6) is 0 Å². The van der Waals surface area contributed by atoms with Crippen LogP contribution in [0, 0.1) is 0 Å². The average molecular weight is 535 g/mol. The summed E-state index contributed by atoms with van der Waals surface area (Å²) in [7, 11) is 0. The third-order valence-corrected chi connectivity index (χ3v) is 9.05. The first kappa shape index (κ1) is 25.7. The van der Waals surface area contributed by atoms with Crippen LogP contribution < -0.4 is 0 Å². The van der Waals surface area contributed by atoms with Crippen LogP contribution in [0.4, 0.5) is 0 Å². The predicted octanol–water partition coefficient (Wildman–Crippen LogP) is 9.14. The summed E-state index contributed by atoms with van der Waals surface area (Å²) in [4.78, 5) is 0. The lowest BCUT2D eigenvalue weighted by molar-refractivity contribution is 0.247. The monoisotopic (exact) mass is 534 g/mol. The van der Waals surface area contributed by atoms with E-state index in [-0.39, 0.29) is 18.6 Å². The minimum absolute atomic E-state index is 0.163. The summed E-state index contributed by atoms with van der Waals surface area (Å²) in [6, 6.07) is 44.3. The number of aliphatic hydroxyl groups is 2. The fourth-order valence-electron chi connectivity index (χ4n) is 7.04. The lowest BCUT2D eigenvalue weighted by Crippen LogP contribution is -2.26. The molecule has 2 nitrogen and oxygen atoms in total. The van der Waals surface area contributed by atoms with Gasteiger partial charge in [-0.2, -0.15) is 0 Å². The van der Waals surface area contributed by atoms with Gasteiger partial charge in [-0.05, 0) is 116 Å². The lowest BCUT2D eigenvalue weighted by atomic mass is 9.71. The van der Waals surface area contributed by atoms with Crippen molar-refractivity contribution in [3.63, 3.8) is 0 Å². The third kappa shape index (κ3) is 4.44. The Labute approximate surface area is 241 Å². The van der Waals surface area contributed by atoms with Crippen molar-refractivity contribution in [2.24, 2.45) is 0 Å². The van der Waals surface area contributed by atoms with E-state index in [1.165, 1.54) is 66.1 Å². The molecule has 0 aromatic heterocycles. The van der Waals surface area contributed by atoms with Crippen LogP contribution in [0.3, 0.4) is 0 Å². The zero-order valence-corrected chi connectivity index (χ0v) is 23.2. The molecule has 1 aliphatic rings. The lowest BCUT2D eigenvalue weighted by Gasteiger charge is -2.32. The summed E-state index contributed by atoms with van der Waals surface area (Å²) in [6.45, 7) is 0.325. The fraction of sp³-hybridized carbons (Fsp3) is 0.179. The summed E-state index contributed by atoms with van der Waals surface area (Å²) < 4.78 is 0. The maximum absolute atomic E-state index is 9.87. The minimum Gasteiger partial charge on any atom is -0.396 e. The van der Waals surface area contributed by atoms with Crippen LogP contribution in [0.15, 0.2) is 121 Å². The van der Waals surface area contributed by atoms with Crippen LogP contribution in [0.25, 0.3) is 54.9 Å². The molecule has 202 valence electrons. The van der Waals surface area contributed by atoms with Crippen molar-refractivity contribution >= 4 is 21.5 Å². The number of rotatable bonds is 8. The molecule has 6 aromatic rings. The second-order valence-electron chi connectivity index (χ2n) is 11.4. The van der Waals surface area contributed by atoms with Crippen molar-refractivity contribution in [2.45, 2.75) is 31.1 Å². The van der Waals surface area contributed by atoms with Gasteiger partial charge in [0.25, 0.3) is 0 Å². The Morgan fingerprint density at radius 1 is 0.415 bits per heavy atom. The van der Waals surface area contributed by atoms with Gasteiger partial charge in [-0.3, -0.25) is 0 Å². The number of benzene rings is 6. The first-order valence-corrected chi connectivity index (χ1v) is 14.7. The Hall–Kier alpha value is -4.24. The molecular formula is C39H34O2. The van der Waals surface area contributed by atoms with Gasteiger partial charge in [0.1, 0.15) is 0 Å². The van der Waals surface area contributed by atoms with Crippen LogP contribution in [-0.2, 0) is 5.41 Å². The summed E-state index contributed by atoms with van der Waals surface area (Å²) in [5, 5.41) is 24.7. The molecule has 0 amide bonds. The Kier molecular flexibility index (Phi) is 6.66. The van der Waals surface area contributed by atoms with Gasteiger partial charge in [0.15, 0.2) is 0 Å². The standard InChI is InChI=1S/C39H34O2/c40-21-5-19-39(20-6-22-41)37-17-15-33(31-13-11-27-7-1-3-9-29(27)23-31)25-35(37)36-26-34(16-18-38(36)39)32-14-12-28-8-2-4-10-30(28)24-32/h1-4,7-18,23-26,40-41H,5-6,19-22H2. The summed E-state index contributed by atoms with van der Waals surface area (Å²) in [5.41, 5.74) is 9.77. The topological polar surface area (TPSA) is 40.5 Å². The second kappa shape index (κ2) is 10.6. The van der Waals surface area contributed by atoms with E-state index in [0.29, 0.717) is 0 Å². The van der Waals surface area contributed by atoms with Gasteiger partial charge < -0.3 is 10.2 Å². The van der Waals surface area contributed by atoms with E-state index in [1.807, 2.05) is 0 Å². The Bertz CT molecular complexity index is 1740. The molecule has 0 unspecified atom stereocenters. The highest BCUT2D eigenvalue weighted by Crippen LogP contribution is 2.55. The fourth-order valence-corrected chi connectivity index (χ4v) is 7.04. The molecule has 2 heteroatoms. The van der Waals surface area contributed by atoms with Gasteiger partial charge in [0.2, 0.25) is 0 Å². The van der Waals surface area contributed by atoms with E-state index >= 15 is 0 Å². The highest BCUT2D eigenvalue weighted by Gasteiger charge is 2.42.